The van der Waals surface area contributed by atoms with E-state index in [9.17, 15) is 0 Å². The number of benzene rings is 4. The fourth-order valence-electron chi connectivity index (χ4n) is 3.28. The molecule has 0 aliphatic heterocycles. The molecule has 0 spiro atoms. The van der Waals surface area contributed by atoms with Gasteiger partial charge in [0.2, 0.25) is 0 Å². The Morgan fingerprint density at radius 3 is 1.68 bits per heavy atom. The first kappa shape index (κ1) is 20.4. The number of para-hydroxylation sites is 1. The molecule has 0 N–H and O–H groups in total. The Kier molecular flexibility index (Phi) is 6.13. The summed E-state index contributed by atoms with van der Waals surface area (Å²) < 4.78 is 11.3. The van der Waals surface area contributed by atoms with Gasteiger partial charge in [-0.1, -0.05) is 35.9 Å². The topological polar surface area (TPSA) is 30.8 Å². The Morgan fingerprint density at radius 2 is 1.13 bits per heavy atom. The van der Waals surface area contributed by atoms with Crippen molar-refractivity contribution >= 4 is 11.4 Å². The van der Waals surface area contributed by atoms with Gasteiger partial charge in [0.25, 0.3) is 0 Å². The van der Waals surface area contributed by atoms with Crippen molar-refractivity contribution in [2.45, 2.75) is 13.8 Å². The summed E-state index contributed by atoms with van der Waals surface area (Å²) in [6, 6.07) is 32.2. The van der Waals surface area contributed by atoms with E-state index in [-0.39, 0.29) is 0 Å². The van der Waals surface area contributed by atoms with E-state index >= 15 is 0 Å². The lowest BCUT2D eigenvalue weighted by molar-refractivity contribution is 0.415. The molecule has 0 amide bonds. The smallest absolute Gasteiger partial charge is 0.127 e. The second kappa shape index (κ2) is 9.31. The maximum atomic E-state index is 5.99. The summed E-state index contributed by atoms with van der Waals surface area (Å²) in [7, 11) is 1.67. The first-order chi connectivity index (χ1) is 15.1. The van der Waals surface area contributed by atoms with Gasteiger partial charge in [-0.3, -0.25) is 0 Å². The van der Waals surface area contributed by atoms with E-state index in [0.717, 1.165) is 45.3 Å². The molecule has 0 saturated carbocycles. The van der Waals surface area contributed by atoms with Crippen LogP contribution in [0.2, 0.25) is 0 Å². The predicted molar refractivity (Wildman–Crippen MR) is 127 cm³/mol. The van der Waals surface area contributed by atoms with Gasteiger partial charge in [0, 0.05) is 11.1 Å². The fourth-order valence-corrected chi connectivity index (χ4v) is 3.28. The number of aryl methyl sites for hydroxylation is 2. The molecule has 3 heteroatoms. The third-order valence-electron chi connectivity index (χ3n) is 5.10. The zero-order chi connectivity index (χ0) is 21.6. The number of methoxy groups -OCH3 is 1. The predicted octanol–water partition coefficient (Wildman–Crippen LogP) is 7.27. The van der Waals surface area contributed by atoms with Gasteiger partial charge in [0.05, 0.1) is 18.5 Å². The Balaban J connectivity index is 1.69. The van der Waals surface area contributed by atoms with Crippen molar-refractivity contribution in [1.29, 1.82) is 0 Å². The van der Waals surface area contributed by atoms with Crippen LogP contribution in [0.15, 0.2) is 102 Å². The molecule has 31 heavy (non-hydrogen) atoms. The lowest BCUT2D eigenvalue weighted by Gasteiger charge is -2.11. The summed E-state index contributed by atoms with van der Waals surface area (Å²) in [6.45, 7) is 4.13. The van der Waals surface area contributed by atoms with Crippen molar-refractivity contribution in [1.82, 2.24) is 0 Å². The van der Waals surface area contributed by atoms with Crippen LogP contribution in [0.3, 0.4) is 0 Å². The van der Waals surface area contributed by atoms with Crippen LogP contribution < -0.4 is 9.47 Å². The molecule has 4 rings (SSSR count). The standard InChI is InChI=1S/C28H25NO2/c1-20-8-14-25(15-9-20)31-26-18-12-23(13-19-26)28(22-10-16-24(30-3)17-11-22)29-27-7-5-4-6-21(27)2/h4-19H,1-3H3. The molecule has 4 aromatic rings. The van der Waals surface area contributed by atoms with Crippen LogP contribution in [0.5, 0.6) is 17.2 Å². The number of hydrogen-bond donors (Lipinski definition) is 0. The van der Waals surface area contributed by atoms with Crippen molar-refractivity contribution in [3.8, 4) is 17.2 Å². The van der Waals surface area contributed by atoms with Crippen LogP contribution in [0.4, 0.5) is 5.69 Å². The van der Waals surface area contributed by atoms with Gasteiger partial charge >= 0.3 is 0 Å². The minimum Gasteiger partial charge on any atom is -0.497 e. The van der Waals surface area contributed by atoms with Crippen LogP contribution in [0.25, 0.3) is 0 Å². The zero-order valence-corrected chi connectivity index (χ0v) is 18.0. The van der Waals surface area contributed by atoms with Crippen LogP contribution in [-0.2, 0) is 0 Å². The highest BCUT2D eigenvalue weighted by Gasteiger charge is 2.10. The van der Waals surface area contributed by atoms with Gasteiger partial charge in [-0.2, -0.15) is 0 Å². The number of aliphatic imine (C=N–C) groups is 1. The van der Waals surface area contributed by atoms with Crippen LogP contribution in [0.1, 0.15) is 22.3 Å². The number of hydrogen-bond acceptors (Lipinski definition) is 3. The second-order valence-electron chi connectivity index (χ2n) is 7.41. The molecule has 0 saturated heterocycles. The second-order valence-corrected chi connectivity index (χ2v) is 7.41. The molecule has 154 valence electrons. The maximum absolute atomic E-state index is 5.99. The molecule has 4 aromatic carbocycles. The molecule has 0 heterocycles. The lowest BCUT2D eigenvalue weighted by atomic mass is 10.0. The average Bonchev–Trinajstić information content (AvgIpc) is 2.81. The molecule has 0 unspecified atom stereocenters. The molecule has 0 atom stereocenters. The summed E-state index contributed by atoms with van der Waals surface area (Å²) in [5.41, 5.74) is 6.24. The SMILES string of the molecule is COc1ccc(C(=Nc2ccccc2C)c2ccc(Oc3ccc(C)cc3)cc2)cc1. The molecular weight excluding hydrogens is 382 g/mol. The van der Waals surface area contributed by atoms with Gasteiger partial charge in [-0.25, -0.2) is 4.99 Å². The molecule has 3 nitrogen and oxygen atoms in total. The molecule has 0 fully saturated rings. The summed E-state index contributed by atoms with van der Waals surface area (Å²) in [5.74, 6) is 2.43. The van der Waals surface area contributed by atoms with Crippen LogP contribution in [-0.4, -0.2) is 12.8 Å². The Labute approximate surface area is 183 Å². The molecule has 0 aromatic heterocycles. The van der Waals surface area contributed by atoms with Crippen molar-refractivity contribution in [2.75, 3.05) is 7.11 Å². The van der Waals surface area contributed by atoms with E-state index in [1.165, 1.54) is 5.56 Å². The molecule has 0 radical (unpaired) electrons. The van der Waals surface area contributed by atoms with E-state index in [4.69, 9.17) is 14.5 Å². The van der Waals surface area contributed by atoms with E-state index < -0.39 is 0 Å². The Morgan fingerprint density at radius 1 is 0.613 bits per heavy atom. The Hall–Kier alpha value is -3.85. The van der Waals surface area contributed by atoms with Gasteiger partial charge in [-0.15, -0.1) is 0 Å². The minimum atomic E-state index is 0.789. The molecule has 0 bridgehead atoms. The summed E-state index contributed by atoms with van der Waals surface area (Å²) >= 11 is 0. The third-order valence-corrected chi connectivity index (χ3v) is 5.10. The van der Waals surface area contributed by atoms with Gasteiger partial charge in [-0.05, 0) is 86.1 Å². The number of nitrogens with zero attached hydrogens (tertiary/aromatic N) is 1. The van der Waals surface area contributed by atoms with E-state index in [2.05, 4.69) is 19.9 Å². The maximum Gasteiger partial charge on any atom is 0.127 e. The van der Waals surface area contributed by atoms with Gasteiger partial charge < -0.3 is 9.47 Å². The van der Waals surface area contributed by atoms with Crippen LogP contribution in [0, 0.1) is 13.8 Å². The third kappa shape index (κ3) is 5.01. The fraction of sp³-hybridized carbons (Fsp3) is 0.107. The average molecular weight is 408 g/mol. The minimum absolute atomic E-state index is 0.789. The van der Waals surface area contributed by atoms with Crippen molar-refractivity contribution < 1.29 is 9.47 Å². The largest absolute Gasteiger partial charge is 0.497 e. The number of rotatable bonds is 6. The highest BCUT2D eigenvalue weighted by atomic mass is 16.5. The number of ether oxygens (including phenoxy) is 2. The molecule has 0 aliphatic rings. The zero-order valence-electron chi connectivity index (χ0n) is 18.0. The summed E-state index contributed by atoms with van der Waals surface area (Å²) in [5, 5.41) is 0. The quantitative estimate of drug-likeness (QED) is 0.315. The highest BCUT2D eigenvalue weighted by molar-refractivity contribution is 6.14. The van der Waals surface area contributed by atoms with E-state index in [1.807, 2.05) is 91.0 Å². The summed E-state index contributed by atoms with van der Waals surface area (Å²) in [4.78, 5) is 5.01. The molecular formula is C28H25NO2. The van der Waals surface area contributed by atoms with Crippen molar-refractivity contribution in [3.05, 3.63) is 119 Å². The van der Waals surface area contributed by atoms with Gasteiger partial charge in [0.1, 0.15) is 17.2 Å². The van der Waals surface area contributed by atoms with Crippen molar-refractivity contribution in [2.24, 2.45) is 4.99 Å². The lowest BCUT2D eigenvalue weighted by Crippen LogP contribution is -2.03. The van der Waals surface area contributed by atoms with E-state index in [1.54, 1.807) is 7.11 Å². The van der Waals surface area contributed by atoms with Crippen LogP contribution >= 0.6 is 0 Å². The monoisotopic (exact) mass is 407 g/mol. The first-order valence-electron chi connectivity index (χ1n) is 10.3. The Bertz CT molecular complexity index is 1180. The highest BCUT2D eigenvalue weighted by Crippen LogP contribution is 2.26. The first-order valence-corrected chi connectivity index (χ1v) is 10.3. The van der Waals surface area contributed by atoms with E-state index in [0.29, 0.717) is 0 Å². The normalized spacial score (nSPS) is 11.3. The summed E-state index contributed by atoms with van der Waals surface area (Å²) in [6.07, 6.45) is 0. The van der Waals surface area contributed by atoms with Crippen molar-refractivity contribution in [3.63, 3.8) is 0 Å². The molecule has 0 aliphatic carbocycles. The van der Waals surface area contributed by atoms with Gasteiger partial charge in [0.15, 0.2) is 0 Å².